The number of hydrogen-bond acceptors (Lipinski definition) is 2. The van der Waals surface area contributed by atoms with Gasteiger partial charge in [-0.2, -0.15) is 0 Å². The predicted molar refractivity (Wildman–Crippen MR) is 76.5 cm³/mol. The van der Waals surface area contributed by atoms with E-state index >= 15 is 0 Å². The molecule has 0 aliphatic heterocycles. The molecule has 1 heterocycles. The molecule has 0 spiro atoms. The summed E-state index contributed by atoms with van der Waals surface area (Å²) in [5.74, 6) is 0.322. The molecule has 1 aromatic carbocycles. The van der Waals surface area contributed by atoms with E-state index in [1.165, 1.54) is 0 Å². The van der Waals surface area contributed by atoms with Gasteiger partial charge in [-0.25, -0.2) is 9.36 Å². The summed E-state index contributed by atoms with van der Waals surface area (Å²) in [6, 6.07) is 7.38. The Bertz CT molecular complexity index is 729. The Morgan fingerprint density at radius 3 is 2.58 bits per heavy atom. The number of nitrogens with zero attached hydrogens (tertiary/aromatic N) is 1. The molecule has 0 amide bonds. The van der Waals surface area contributed by atoms with Gasteiger partial charge < -0.3 is 0 Å². The summed E-state index contributed by atoms with van der Waals surface area (Å²) < 4.78 is 1.10. The summed E-state index contributed by atoms with van der Waals surface area (Å²) in [5.41, 5.74) is 1.03. The molecule has 0 radical (unpaired) electrons. The molecule has 0 unspecified atom stereocenters. The van der Waals surface area contributed by atoms with Crippen molar-refractivity contribution < 1.29 is 0 Å². The third kappa shape index (κ3) is 2.49. The lowest BCUT2D eigenvalue weighted by atomic mass is 10.0. The van der Waals surface area contributed by atoms with Crippen LogP contribution in [0.25, 0.3) is 5.69 Å². The summed E-state index contributed by atoms with van der Waals surface area (Å²) in [5, 5.41) is 0.0891. The highest BCUT2D eigenvalue weighted by Gasteiger charge is 2.11. The molecule has 2 aromatic rings. The topological polar surface area (TPSA) is 54.9 Å². The van der Waals surface area contributed by atoms with Gasteiger partial charge in [0.2, 0.25) is 0 Å². The van der Waals surface area contributed by atoms with Gasteiger partial charge in [-0.3, -0.25) is 9.78 Å². The first-order valence-corrected chi connectivity index (χ1v) is 6.41. The van der Waals surface area contributed by atoms with E-state index in [1.54, 1.807) is 13.0 Å². The van der Waals surface area contributed by atoms with Crippen LogP contribution in [0.2, 0.25) is 5.15 Å². The first-order chi connectivity index (χ1) is 8.91. The van der Waals surface area contributed by atoms with E-state index in [1.807, 2.05) is 18.2 Å². The second kappa shape index (κ2) is 5.05. The number of aromatic nitrogens is 2. The van der Waals surface area contributed by atoms with Gasteiger partial charge in [-0.15, -0.1) is 0 Å². The largest absolute Gasteiger partial charge is 0.334 e. The van der Waals surface area contributed by atoms with Gasteiger partial charge in [0.05, 0.1) is 11.3 Å². The molecule has 1 N–H and O–H groups in total. The van der Waals surface area contributed by atoms with Crippen LogP contribution in [-0.4, -0.2) is 9.55 Å². The maximum Gasteiger partial charge on any atom is 0.334 e. The quantitative estimate of drug-likeness (QED) is 0.859. The van der Waals surface area contributed by atoms with Gasteiger partial charge in [0.1, 0.15) is 5.15 Å². The fraction of sp³-hybridized carbons (Fsp3) is 0.286. The molecule has 0 aliphatic rings. The van der Waals surface area contributed by atoms with Crippen molar-refractivity contribution in [2.24, 2.45) is 0 Å². The maximum absolute atomic E-state index is 12.2. The lowest BCUT2D eigenvalue weighted by Gasteiger charge is -2.10. The number of rotatable bonds is 2. The maximum atomic E-state index is 12.2. The van der Waals surface area contributed by atoms with Gasteiger partial charge in [-0.05, 0) is 30.5 Å². The number of nitrogens with one attached hydrogen (secondary N) is 1. The molecule has 5 heteroatoms. The first-order valence-electron chi connectivity index (χ1n) is 6.03. The minimum absolute atomic E-state index is 0.0891. The molecular formula is C14H15ClN2O2. The van der Waals surface area contributed by atoms with E-state index in [0.29, 0.717) is 17.2 Å². The van der Waals surface area contributed by atoms with Crippen LogP contribution in [-0.2, 0) is 0 Å². The fourth-order valence-electron chi connectivity index (χ4n) is 1.85. The minimum atomic E-state index is -0.526. The monoisotopic (exact) mass is 278 g/mol. The zero-order valence-corrected chi connectivity index (χ0v) is 11.8. The van der Waals surface area contributed by atoms with Gasteiger partial charge in [0.15, 0.2) is 0 Å². The van der Waals surface area contributed by atoms with Crippen LogP contribution in [0.1, 0.15) is 30.9 Å². The number of H-pyrrole nitrogens is 1. The summed E-state index contributed by atoms with van der Waals surface area (Å²) in [6.07, 6.45) is 0. The van der Waals surface area contributed by atoms with E-state index in [0.717, 1.165) is 10.1 Å². The van der Waals surface area contributed by atoms with Crippen LogP contribution in [0.5, 0.6) is 0 Å². The molecule has 2 rings (SSSR count). The van der Waals surface area contributed by atoms with Crippen molar-refractivity contribution in [2.45, 2.75) is 26.7 Å². The van der Waals surface area contributed by atoms with E-state index in [4.69, 9.17) is 11.6 Å². The Kier molecular flexibility index (Phi) is 3.62. The van der Waals surface area contributed by atoms with Crippen molar-refractivity contribution in [3.05, 3.63) is 61.4 Å². The highest BCUT2D eigenvalue weighted by atomic mass is 35.5. The molecule has 0 bridgehead atoms. The van der Waals surface area contributed by atoms with Gasteiger partial charge >= 0.3 is 5.69 Å². The normalized spacial score (nSPS) is 11.0. The number of aromatic amines is 1. The van der Waals surface area contributed by atoms with E-state index in [-0.39, 0.29) is 5.15 Å². The molecule has 0 aliphatic carbocycles. The van der Waals surface area contributed by atoms with Crippen LogP contribution in [0.4, 0.5) is 0 Å². The summed E-state index contributed by atoms with van der Waals surface area (Å²) in [4.78, 5) is 26.5. The number of benzene rings is 1. The third-order valence-corrected chi connectivity index (χ3v) is 3.45. The van der Waals surface area contributed by atoms with Crippen molar-refractivity contribution in [3.8, 4) is 5.69 Å². The third-order valence-electron chi connectivity index (χ3n) is 3.07. The van der Waals surface area contributed by atoms with E-state index in [2.05, 4.69) is 18.8 Å². The summed E-state index contributed by atoms with van der Waals surface area (Å²) >= 11 is 5.79. The average Bonchev–Trinajstić information content (AvgIpc) is 2.36. The standard InChI is InChI=1S/C14H15ClN2O2/c1-8(2)10-5-4-6-11(7-10)17-13(18)9(3)12(15)16-14(17)19/h4-8H,1-3H3,(H,16,19). The average molecular weight is 279 g/mol. The van der Waals surface area contributed by atoms with E-state index in [9.17, 15) is 9.59 Å². The molecule has 19 heavy (non-hydrogen) atoms. The van der Waals surface area contributed by atoms with Crippen molar-refractivity contribution in [1.82, 2.24) is 9.55 Å². The Morgan fingerprint density at radius 2 is 1.95 bits per heavy atom. The van der Waals surface area contributed by atoms with Gasteiger partial charge in [0, 0.05) is 0 Å². The lowest BCUT2D eigenvalue weighted by Crippen LogP contribution is -2.35. The molecule has 4 nitrogen and oxygen atoms in total. The zero-order valence-electron chi connectivity index (χ0n) is 11.0. The van der Waals surface area contributed by atoms with Crippen LogP contribution in [0, 0.1) is 6.92 Å². The smallest absolute Gasteiger partial charge is 0.297 e. The number of hydrogen-bond donors (Lipinski definition) is 1. The second-order valence-corrected chi connectivity index (χ2v) is 5.14. The highest BCUT2D eigenvalue weighted by Crippen LogP contribution is 2.16. The van der Waals surface area contributed by atoms with Crippen LogP contribution in [0.15, 0.2) is 33.9 Å². The van der Waals surface area contributed by atoms with Crippen LogP contribution < -0.4 is 11.2 Å². The van der Waals surface area contributed by atoms with Gasteiger partial charge in [-0.1, -0.05) is 37.6 Å². The molecular weight excluding hydrogens is 264 g/mol. The molecule has 1 aromatic heterocycles. The lowest BCUT2D eigenvalue weighted by molar-refractivity contribution is 0.838. The van der Waals surface area contributed by atoms with Gasteiger partial charge in [0.25, 0.3) is 5.56 Å². The molecule has 100 valence electrons. The highest BCUT2D eigenvalue weighted by molar-refractivity contribution is 6.30. The molecule has 0 atom stereocenters. The first kappa shape index (κ1) is 13.6. The fourth-order valence-corrected chi connectivity index (χ4v) is 2.02. The number of halogens is 1. The van der Waals surface area contributed by atoms with Crippen molar-refractivity contribution in [1.29, 1.82) is 0 Å². The Balaban J connectivity index is 2.73. The molecule has 0 saturated heterocycles. The second-order valence-electron chi connectivity index (χ2n) is 4.76. The zero-order chi connectivity index (χ0) is 14.2. The van der Waals surface area contributed by atoms with Crippen LogP contribution in [0.3, 0.4) is 0 Å². The summed E-state index contributed by atoms with van der Waals surface area (Å²) in [6.45, 7) is 5.70. The van der Waals surface area contributed by atoms with Crippen molar-refractivity contribution in [3.63, 3.8) is 0 Å². The molecule has 0 saturated carbocycles. The predicted octanol–water partition coefficient (Wildman–Crippen LogP) is 2.61. The Morgan fingerprint density at radius 1 is 1.26 bits per heavy atom. The Hall–Kier alpha value is -1.81. The van der Waals surface area contributed by atoms with E-state index < -0.39 is 11.2 Å². The summed E-state index contributed by atoms with van der Waals surface area (Å²) in [7, 11) is 0. The minimum Gasteiger partial charge on any atom is -0.297 e. The Labute approximate surface area is 115 Å². The van der Waals surface area contributed by atoms with Crippen molar-refractivity contribution in [2.75, 3.05) is 0 Å². The van der Waals surface area contributed by atoms with Crippen molar-refractivity contribution >= 4 is 11.6 Å². The molecule has 0 fully saturated rings. The SMILES string of the molecule is Cc1c(Cl)[nH]c(=O)n(-c2cccc(C(C)C)c2)c1=O. The van der Waals surface area contributed by atoms with Crippen LogP contribution >= 0.6 is 11.6 Å².